The van der Waals surface area contributed by atoms with E-state index in [1.54, 1.807) is 0 Å². The summed E-state index contributed by atoms with van der Waals surface area (Å²) in [5.41, 5.74) is 2.30. The number of carbonyl (C=O) groups excluding carboxylic acids is 1. The van der Waals surface area contributed by atoms with Gasteiger partial charge in [-0.3, -0.25) is 4.79 Å². The highest BCUT2D eigenvalue weighted by Crippen LogP contribution is 2.22. The van der Waals surface area contributed by atoms with E-state index in [1.165, 1.54) is 5.56 Å². The first-order valence-electron chi connectivity index (χ1n) is 9.70. The number of aryl methyl sites for hydroxylation is 2. The molecule has 0 aliphatic carbocycles. The van der Waals surface area contributed by atoms with Crippen LogP contribution >= 0.6 is 0 Å². The number of hydrogen-bond acceptors (Lipinski definition) is 3. The summed E-state index contributed by atoms with van der Waals surface area (Å²) in [6.45, 7) is 6.87. The fraction of sp³-hybridized carbons (Fsp3) is 0.292. The summed E-state index contributed by atoms with van der Waals surface area (Å²) in [5.74, 6) is 1.42. The van der Waals surface area contributed by atoms with Crippen molar-refractivity contribution in [2.75, 3.05) is 13.2 Å². The Balaban J connectivity index is 1.51. The van der Waals surface area contributed by atoms with Gasteiger partial charge in [0, 0.05) is 0 Å². The van der Waals surface area contributed by atoms with Crippen LogP contribution in [0.4, 0.5) is 0 Å². The molecule has 0 aromatic heterocycles. The Labute approximate surface area is 166 Å². The molecule has 1 amide bonds. The van der Waals surface area contributed by atoms with E-state index in [2.05, 4.69) is 24.4 Å². The van der Waals surface area contributed by atoms with E-state index in [1.807, 2.05) is 62.4 Å². The lowest BCUT2D eigenvalue weighted by atomic mass is 10.1. The summed E-state index contributed by atoms with van der Waals surface area (Å²) < 4.78 is 11.7. The first-order valence-corrected chi connectivity index (χ1v) is 9.70. The topological polar surface area (TPSA) is 47.6 Å². The van der Waals surface area contributed by atoms with Crippen molar-refractivity contribution in [1.82, 2.24) is 5.32 Å². The number of carbonyl (C=O) groups is 1. The zero-order chi connectivity index (χ0) is 19.9. The van der Waals surface area contributed by atoms with Crippen LogP contribution in [0.25, 0.3) is 10.8 Å². The molecular formula is C24H27NO3. The lowest BCUT2D eigenvalue weighted by Gasteiger charge is -2.18. The Morgan fingerprint density at radius 2 is 1.79 bits per heavy atom. The van der Waals surface area contributed by atoms with Crippen LogP contribution in [0.1, 0.15) is 24.5 Å². The second kappa shape index (κ2) is 9.27. The molecule has 1 N–H and O–H groups in total. The SMILES string of the molecule is CCC(Oc1ccc2ccccc2c1)C(=O)NCCOc1ccc(C)cc1C. The maximum Gasteiger partial charge on any atom is 0.261 e. The zero-order valence-corrected chi connectivity index (χ0v) is 16.7. The molecular weight excluding hydrogens is 350 g/mol. The summed E-state index contributed by atoms with van der Waals surface area (Å²) in [7, 11) is 0. The van der Waals surface area contributed by atoms with Crippen molar-refractivity contribution < 1.29 is 14.3 Å². The molecule has 0 saturated carbocycles. The summed E-state index contributed by atoms with van der Waals surface area (Å²) in [6, 6.07) is 20.0. The molecule has 0 spiro atoms. The lowest BCUT2D eigenvalue weighted by molar-refractivity contribution is -0.128. The zero-order valence-electron chi connectivity index (χ0n) is 16.7. The van der Waals surface area contributed by atoms with E-state index < -0.39 is 6.10 Å². The van der Waals surface area contributed by atoms with E-state index in [4.69, 9.17) is 9.47 Å². The molecule has 4 heteroatoms. The molecule has 3 aromatic carbocycles. The Bertz CT molecular complexity index is 951. The average molecular weight is 377 g/mol. The van der Waals surface area contributed by atoms with Crippen molar-refractivity contribution in [1.29, 1.82) is 0 Å². The maximum atomic E-state index is 12.5. The largest absolute Gasteiger partial charge is 0.491 e. The van der Waals surface area contributed by atoms with Crippen molar-refractivity contribution in [2.45, 2.75) is 33.3 Å². The van der Waals surface area contributed by atoms with E-state index >= 15 is 0 Å². The molecule has 4 nitrogen and oxygen atoms in total. The normalized spacial score (nSPS) is 11.8. The summed E-state index contributed by atoms with van der Waals surface area (Å²) >= 11 is 0. The fourth-order valence-electron chi connectivity index (χ4n) is 3.14. The van der Waals surface area contributed by atoms with E-state index in [0.717, 1.165) is 22.1 Å². The van der Waals surface area contributed by atoms with Gasteiger partial charge in [0.25, 0.3) is 5.91 Å². The fourth-order valence-corrected chi connectivity index (χ4v) is 3.14. The first-order chi connectivity index (χ1) is 13.6. The van der Waals surface area contributed by atoms with Crippen molar-refractivity contribution in [3.05, 3.63) is 71.8 Å². The standard InChI is InChI=1S/C24H27NO3/c1-4-22(28-21-11-10-19-7-5-6-8-20(19)16-21)24(26)25-13-14-27-23-12-9-17(2)15-18(23)3/h5-12,15-16,22H,4,13-14H2,1-3H3,(H,25,26). The highest BCUT2D eigenvalue weighted by Gasteiger charge is 2.18. The summed E-state index contributed by atoms with van der Waals surface area (Å²) in [6.07, 6.45) is 0.0682. The number of hydrogen-bond donors (Lipinski definition) is 1. The molecule has 3 aromatic rings. The molecule has 0 aliphatic rings. The van der Waals surface area contributed by atoms with Gasteiger partial charge < -0.3 is 14.8 Å². The van der Waals surface area contributed by atoms with Gasteiger partial charge in [0.05, 0.1) is 6.54 Å². The van der Waals surface area contributed by atoms with Gasteiger partial charge in [-0.2, -0.15) is 0 Å². The van der Waals surface area contributed by atoms with Crippen LogP contribution in [0, 0.1) is 13.8 Å². The van der Waals surface area contributed by atoms with Crippen LogP contribution in [0.5, 0.6) is 11.5 Å². The van der Waals surface area contributed by atoms with Crippen LogP contribution in [0.15, 0.2) is 60.7 Å². The monoisotopic (exact) mass is 377 g/mol. The van der Waals surface area contributed by atoms with E-state index in [0.29, 0.717) is 25.3 Å². The highest BCUT2D eigenvalue weighted by molar-refractivity contribution is 5.84. The van der Waals surface area contributed by atoms with Gasteiger partial charge in [-0.25, -0.2) is 0 Å². The second-order valence-corrected chi connectivity index (χ2v) is 6.93. The molecule has 0 aliphatic heterocycles. The molecule has 0 saturated heterocycles. The smallest absolute Gasteiger partial charge is 0.261 e. The van der Waals surface area contributed by atoms with Gasteiger partial charge in [0.1, 0.15) is 18.1 Å². The molecule has 0 bridgehead atoms. The van der Waals surface area contributed by atoms with Gasteiger partial charge >= 0.3 is 0 Å². The van der Waals surface area contributed by atoms with Gasteiger partial charge in [-0.15, -0.1) is 0 Å². The van der Waals surface area contributed by atoms with Crippen molar-refractivity contribution >= 4 is 16.7 Å². The van der Waals surface area contributed by atoms with Gasteiger partial charge in [-0.1, -0.05) is 55.0 Å². The van der Waals surface area contributed by atoms with Gasteiger partial charge in [0.2, 0.25) is 0 Å². The maximum absolute atomic E-state index is 12.5. The predicted octanol–water partition coefficient (Wildman–Crippen LogP) is 4.81. The molecule has 0 radical (unpaired) electrons. The molecule has 1 unspecified atom stereocenters. The third-order valence-corrected chi connectivity index (χ3v) is 4.65. The third-order valence-electron chi connectivity index (χ3n) is 4.65. The summed E-state index contributed by atoms with van der Waals surface area (Å²) in [5, 5.41) is 5.15. The highest BCUT2D eigenvalue weighted by atomic mass is 16.5. The van der Waals surface area contributed by atoms with Crippen LogP contribution in [0.2, 0.25) is 0 Å². The quantitative estimate of drug-likeness (QED) is 0.573. The number of benzene rings is 3. The number of ether oxygens (including phenoxy) is 2. The number of amides is 1. The Kier molecular flexibility index (Phi) is 6.53. The molecule has 0 heterocycles. The minimum absolute atomic E-state index is 0.125. The second-order valence-electron chi connectivity index (χ2n) is 6.93. The van der Waals surface area contributed by atoms with Crippen LogP contribution in [-0.4, -0.2) is 25.2 Å². The van der Waals surface area contributed by atoms with Crippen molar-refractivity contribution in [3.8, 4) is 11.5 Å². The van der Waals surface area contributed by atoms with Crippen molar-refractivity contribution in [2.24, 2.45) is 0 Å². The molecule has 146 valence electrons. The van der Waals surface area contributed by atoms with Crippen molar-refractivity contribution in [3.63, 3.8) is 0 Å². The van der Waals surface area contributed by atoms with Crippen LogP contribution in [-0.2, 0) is 4.79 Å². The van der Waals surface area contributed by atoms with Gasteiger partial charge in [0.15, 0.2) is 6.10 Å². The van der Waals surface area contributed by atoms with Crippen LogP contribution in [0.3, 0.4) is 0 Å². The van der Waals surface area contributed by atoms with E-state index in [-0.39, 0.29) is 5.91 Å². The van der Waals surface area contributed by atoms with Gasteiger partial charge in [-0.05, 0) is 54.8 Å². The Hall–Kier alpha value is -3.01. The molecule has 0 fully saturated rings. The molecule has 1 atom stereocenters. The number of nitrogens with one attached hydrogen (secondary N) is 1. The third kappa shape index (κ3) is 5.03. The minimum Gasteiger partial charge on any atom is -0.491 e. The first kappa shape index (κ1) is 19.7. The number of fused-ring (bicyclic) bond motifs is 1. The Morgan fingerprint density at radius 1 is 1.00 bits per heavy atom. The van der Waals surface area contributed by atoms with E-state index in [9.17, 15) is 4.79 Å². The Morgan fingerprint density at radius 3 is 2.54 bits per heavy atom. The van der Waals surface area contributed by atoms with Crippen LogP contribution < -0.4 is 14.8 Å². The predicted molar refractivity (Wildman–Crippen MR) is 113 cm³/mol. The lowest BCUT2D eigenvalue weighted by Crippen LogP contribution is -2.39. The average Bonchev–Trinajstić information content (AvgIpc) is 2.70. The molecule has 3 rings (SSSR count). The minimum atomic E-state index is -0.526. The number of rotatable bonds is 8. The molecule has 28 heavy (non-hydrogen) atoms. The summed E-state index contributed by atoms with van der Waals surface area (Å²) in [4.78, 5) is 12.5.